The van der Waals surface area contributed by atoms with Gasteiger partial charge >= 0.3 is 0 Å². The number of ketones is 1. The molecule has 31 heavy (non-hydrogen) atoms. The van der Waals surface area contributed by atoms with E-state index in [1.54, 1.807) is 0 Å². The van der Waals surface area contributed by atoms with Crippen molar-refractivity contribution in [1.82, 2.24) is 0 Å². The lowest BCUT2D eigenvalue weighted by Crippen LogP contribution is -2.53. The summed E-state index contributed by atoms with van der Waals surface area (Å²) in [7, 11) is 0. The fourth-order valence-corrected chi connectivity index (χ4v) is 10.1. The van der Waals surface area contributed by atoms with Crippen molar-refractivity contribution in [3.05, 3.63) is 0 Å². The first-order chi connectivity index (χ1) is 14.7. The van der Waals surface area contributed by atoms with Gasteiger partial charge in [0.05, 0.1) is 5.88 Å². The predicted molar refractivity (Wildman–Crippen MR) is 132 cm³/mol. The molecule has 0 N–H and O–H groups in total. The number of carbonyl (C=O) groups excluding carboxylic acids is 1. The highest BCUT2D eigenvalue weighted by Crippen LogP contribution is 2.68. The van der Waals surface area contributed by atoms with E-state index in [0.717, 1.165) is 41.9 Å². The molecule has 0 aromatic carbocycles. The van der Waals surface area contributed by atoms with Crippen LogP contribution in [0.15, 0.2) is 0 Å². The van der Waals surface area contributed by atoms with E-state index in [0.29, 0.717) is 16.7 Å². The van der Waals surface area contributed by atoms with Crippen molar-refractivity contribution >= 4 is 17.4 Å². The lowest BCUT2D eigenvalue weighted by atomic mass is 9.44. The fourth-order valence-electron chi connectivity index (χ4n) is 9.88. The van der Waals surface area contributed by atoms with E-state index >= 15 is 0 Å². The van der Waals surface area contributed by atoms with Gasteiger partial charge in [-0.15, -0.1) is 11.6 Å². The molecule has 0 aromatic heterocycles. The molecule has 0 spiro atoms. The Bertz CT molecular complexity index is 643. The largest absolute Gasteiger partial charge is 0.298 e. The molecule has 0 saturated heterocycles. The number of hydrogen-bond acceptors (Lipinski definition) is 1. The van der Waals surface area contributed by atoms with Crippen LogP contribution in [0.25, 0.3) is 0 Å². The van der Waals surface area contributed by atoms with Crippen LogP contribution < -0.4 is 0 Å². The fraction of sp³-hybridized carbons (Fsp3) is 0.966. The standard InChI is InChI=1S/C29H49ClO/c1-19(2)22(27(31)18-30)11-9-20(3)24-13-14-25-23-12-10-21-8-6-7-16-28(21,4)26(23)15-17-29(24,25)5/h19-26H,6-18H2,1-5H3/t20-,21?,22-,23+,24-,25+,26+,28+,29-/m1/s1. The van der Waals surface area contributed by atoms with Crippen molar-refractivity contribution in [2.24, 2.45) is 58.2 Å². The van der Waals surface area contributed by atoms with Gasteiger partial charge in [0.1, 0.15) is 0 Å². The summed E-state index contributed by atoms with van der Waals surface area (Å²) >= 11 is 5.92. The van der Waals surface area contributed by atoms with Gasteiger partial charge in [0.15, 0.2) is 5.78 Å². The third-order valence-electron chi connectivity index (χ3n) is 11.6. The molecule has 4 saturated carbocycles. The number of Topliss-reactive ketones (excluding diaryl/α,β-unsaturated/α-hetero) is 1. The Morgan fingerprint density at radius 1 is 0.871 bits per heavy atom. The molecule has 1 nitrogen and oxygen atoms in total. The van der Waals surface area contributed by atoms with Crippen LogP contribution in [0, 0.1) is 58.2 Å². The first-order valence-corrected chi connectivity index (χ1v) is 14.3. The topological polar surface area (TPSA) is 17.1 Å². The molecule has 0 bridgehead atoms. The number of halogens is 1. The molecular formula is C29H49ClO. The minimum atomic E-state index is 0.155. The van der Waals surface area contributed by atoms with Gasteiger partial charge < -0.3 is 0 Å². The second-order valence-electron chi connectivity index (χ2n) is 13.1. The Balaban J connectivity index is 1.44. The van der Waals surface area contributed by atoms with Crippen LogP contribution in [0.2, 0.25) is 0 Å². The Hall–Kier alpha value is -0.0400. The summed E-state index contributed by atoms with van der Waals surface area (Å²) in [6, 6.07) is 0. The van der Waals surface area contributed by atoms with Gasteiger partial charge in [0.25, 0.3) is 0 Å². The Kier molecular flexibility index (Phi) is 7.23. The van der Waals surface area contributed by atoms with Gasteiger partial charge in [-0.2, -0.15) is 0 Å². The Labute approximate surface area is 197 Å². The first kappa shape index (κ1) is 24.1. The van der Waals surface area contributed by atoms with Crippen LogP contribution in [-0.4, -0.2) is 11.7 Å². The van der Waals surface area contributed by atoms with Crippen molar-refractivity contribution in [2.45, 2.75) is 112 Å². The average molecular weight is 449 g/mol. The lowest BCUT2D eigenvalue weighted by Gasteiger charge is -2.61. The van der Waals surface area contributed by atoms with Crippen LogP contribution >= 0.6 is 11.6 Å². The summed E-state index contributed by atoms with van der Waals surface area (Å²) in [6.07, 6.45) is 17.1. The molecule has 2 heteroatoms. The van der Waals surface area contributed by atoms with Gasteiger partial charge in [-0.25, -0.2) is 0 Å². The molecule has 0 radical (unpaired) electrons. The molecule has 178 valence electrons. The quantitative estimate of drug-likeness (QED) is 0.356. The Morgan fingerprint density at radius 2 is 1.61 bits per heavy atom. The van der Waals surface area contributed by atoms with E-state index in [1.807, 2.05) is 0 Å². The van der Waals surface area contributed by atoms with Crippen LogP contribution in [0.3, 0.4) is 0 Å². The smallest absolute Gasteiger partial charge is 0.150 e. The first-order valence-electron chi connectivity index (χ1n) is 13.8. The van der Waals surface area contributed by atoms with Crippen LogP contribution in [0.4, 0.5) is 0 Å². The number of hydrogen-bond donors (Lipinski definition) is 0. The summed E-state index contributed by atoms with van der Waals surface area (Å²) < 4.78 is 0. The minimum absolute atomic E-state index is 0.155. The number of alkyl halides is 1. The monoisotopic (exact) mass is 448 g/mol. The molecular weight excluding hydrogens is 400 g/mol. The highest BCUT2D eigenvalue weighted by atomic mass is 35.5. The van der Waals surface area contributed by atoms with Crippen molar-refractivity contribution in [2.75, 3.05) is 5.88 Å². The summed E-state index contributed by atoms with van der Waals surface area (Å²) in [5.41, 5.74) is 1.20. The zero-order chi connectivity index (χ0) is 22.4. The van der Waals surface area contributed by atoms with Gasteiger partial charge in [0, 0.05) is 5.92 Å². The van der Waals surface area contributed by atoms with Crippen molar-refractivity contribution in [3.63, 3.8) is 0 Å². The van der Waals surface area contributed by atoms with E-state index in [1.165, 1.54) is 70.6 Å². The van der Waals surface area contributed by atoms with Crippen LogP contribution in [0.5, 0.6) is 0 Å². The van der Waals surface area contributed by atoms with Gasteiger partial charge in [-0.05, 0) is 116 Å². The van der Waals surface area contributed by atoms with E-state index < -0.39 is 0 Å². The van der Waals surface area contributed by atoms with Crippen molar-refractivity contribution in [3.8, 4) is 0 Å². The summed E-state index contributed by atoms with van der Waals surface area (Å²) in [5.74, 6) is 6.59. The van der Waals surface area contributed by atoms with E-state index in [-0.39, 0.29) is 17.6 Å². The third-order valence-corrected chi connectivity index (χ3v) is 11.9. The number of fused-ring (bicyclic) bond motifs is 5. The zero-order valence-corrected chi connectivity index (χ0v) is 21.9. The SMILES string of the molecule is CC(C)[C@@H](CC[C@@H](C)[C@H]1CC[C@H]2[C@@H]3CCC4CCCC[C@]4(C)[C@H]3CC[C@]12C)C(=O)CCl. The highest BCUT2D eigenvalue weighted by molar-refractivity contribution is 6.27. The average Bonchev–Trinajstić information content (AvgIpc) is 3.10. The molecule has 4 aliphatic carbocycles. The number of rotatable bonds is 7. The van der Waals surface area contributed by atoms with Gasteiger partial charge in [-0.3, -0.25) is 4.79 Å². The molecule has 4 rings (SSSR count). The van der Waals surface area contributed by atoms with Crippen molar-refractivity contribution < 1.29 is 4.79 Å². The molecule has 0 heterocycles. The predicted octanol–water partition coefficient (Wildman–Crippen LogP) is 8.53. The van der Waals surface area contributed by atoms with Gasteiger partial charge in [-0.1, -0.05) is 47.5 Å². The van der Waals surface area contributed by atoms with Crippen LogP contribution in [-0.2, 0) is 4.79 Å². The van der Waals surface area contributed by atoms with Gasteiger partial charge in [0.2, 0.25) is 0 Å². The molecule has 9 atom stereocenters. The Morgan fingerprint density at radius 3 is 2.32 bits per heavy atom. The van der Waals surface area contributed by atoms with E-state index in [9.17, 15) is 4.79 Å². The maximum Gasteiger partial charge on any atom is 0.150 e. The van der Waals surface area contributed by atoms with Crippen LogP contribution in [0.1, 0.15) is 112 Å². The molecule has 1 unspecified atom stereocenters. The second-order valence-corrected chi connectivity index (χ2v) is 13.4. The third kappa shape index (κ3) is 4.17. The molecule has 0 aliphatic heterocycles. The maximum atomic E-state index is 12.3. The normalized spacial score (nSPS) is 44.3. The molecule has 4 aliphatic rings. The van der Waals surface area contributed by atoms with E-state index in [2.05, 4.69) is 34.6 Å². The van der Waals surface area contributed by atoms with Crippen molar-refractivity contribution in [1.29, 1.82) is 0 Å². The molecule has 0 aromatic rings. The highest BCUT2D eigenvalue weighted by Gasteiger charge is 2.60. The van der Waals surface area contributed by atoms with E-state index in [4.69, 9.17) is 11.6 Å². The number of carbonyl (C=O) groups is 1. The summed E-state index contributed by atoms with van der Waals surface area (Å²) in [4.78, 5) is 12.3. The zero-order valence-electron chi connectivity index (χ0n) is 21.1. The molecule has 4 fully saturated rings. The second kappa shape index (κ2) is 9.31. The minimum Gasteiger partial charge on any atom is -0.298 e. The molecule has 0 amide bonds. The lowest BCUT2D eigenvalue weighted by molar-refractivity contribution is -0.122. The summed E-state index contributed by atoms with van der Waals surface area (Å²) in [6.45, 7) is 12.3. The maximum absolute atomic E-state index is 12.3. The summed E-state index contributed by atoms with van der Waals surface area (Å²) in [5, 5.41) is 0.